The fourth-order valence-electron chi connectivity index (χ4n) is 3.14. The van der Waals surface area contributed by atoms with Crippen molar-refractivity contribution in [3.8, 4) is 0 Å². The van der Waals surface area contributed by atoms with Crippen molar-refractivity contribution < 1.29 is 9.90 Å². The summed E-state index contributed by atoms with van der Waals surface area (Å²) >= 11 is 1.75. The summed E-state index contributed by atoms with van der Waals surface area (Å²) in [5, 5.41) is 10.3. The first kappa shape index (κ1) is 15.9. The second-order valence-electron chi connectivity index (χ2n) is 6.05. The lowest BCUT2D eigenvalue weighted by molar-refractivity contribution is 0.142. The summed E-state index contributed by atoms with van der Waals surface area (Å²) < 4.78 is 0. The lowest BCUT2D eigenvalue weighted by Gasteiger charge is -2.34. The zero-order valence-electron chi connectivity index (χ0n) is 13.7. The van der Waals surface area contributed by atoms with E-state index in [0.29, 0.717) is 13.1 Å². The number of nitrogens with one attached hydrogen (secondary N) is 1. The number of H-pyrrole nitrogens is 1. The molecule has 1 aliphatic rings. The van der Waals surface area contributed by atoms with Crippen molar-refractivity contribution in [1.29, 1.82) is 0 Å². The molecular weight excluding hydrogens is 334 g/mol. The zero-order chi connectivity index (χ0) is 17.2. The number of hydrogen-bond donors (Lipinski definition) is 2. The summed E-state index contributed by atoms with van der Waals surface area (Å²) in [7, 11) is 0. The first-order valence-corrected chi connectivity index (χ1v) is 9.09. The lowest BCUT2D eigenvalue weighted by Crippen LogP contribution is -2.48. The van der Waals surface area contributed by atoms with Crippen LogP contribution in [0.1, 0.15) is 0 Å². The second-order valence-corrected chi connectivity index (χ2v) is 7.17. The number of aromatic nitrogens is 1. The van der Waals surface area contributed by atoms with Crippen molar-refractivity contribution in [2.75, 3.05) is 31.1 Å². The molecule has 1 saturated heterocycles. The maximum absolute atomic E-state index is 11.1. The van der Waals surface area contributed by atoms with Gasteiger partial charge in [0.2, 0.25) is 0 Å². The van der Waals surface area contributed by atoms with Gasteiger partial charge in [0.1, 0.15) is 0 Å². The number of fused-ring (bicyclic) bond motifs is 1. The predicted octanol–water partition coefficient (Wildman–Crippen LogP) is 4.12. The Morgan fingerprint density at radius 1 is 1.04 bits per heavy atom. The van der Waals surface area contributed by atoms with Crippen LogP contribution in [-0.2, 0) is 0 Å². The van der Waals surface area contributed by atoms with Gasteiger partial charge in [0.15, 0.2) is 0 Å². The molecule has 0 radical (unpaired) electrons. The normalized spacial score (nSPS) is 14.9. The molecule has 1 aliphatic heterocycles. The molecule has 25 heavy (non-hydrogen) atoms. The number of carboxylic acid groups (broad SMARTS) is 1. The van der Waals surface area contributed by atoms with Crippen LogP contribution in [0.3, 0.4) is 0 Å². The average Bonchev–Trinajstić information content (AvgIpc) is 3.05. The van der Waals surface area contributed by atoms with Crippen molar-refractivity contribution in [3.05, 3.63) is 54.7 Å². The molecule has 2 heterocycles. The summed E-state index contributed by atoms with van der Waals surface area (Å²) in [6.45, 7) is 2.55. The first-order valence-electron chi connectivity index (χ1n) is 8.27. The van der Waals surface area contributed by atoms with Gasteiger partial charge in [0, 0.05) is 58.8 Å². The van der Waals surface area contributed by atoms with E-state index in [1.807, 2.05) is 18.2 Å². The molecule has 3 aromatic rings. The molecule has 1 aromatic heterocycles. The maximum Gasteiger partial charge on any atom is 0.407 e. The van der Waals surface area contributed by atoms with Crippen LogP contribution in [0.2, 0.25) is 0 Å². The van der Waals surface area contributed by atoms with Crippen LogP contribution in [0.25, 0.3) is 10.9 Å². The number of anilines is 1. The molecule has 2 aromatic carbocycles. The number of aromatic amines is 1. The summed E-state index contributed by atoms with van der Waals surface area (Å²) in [6, 6.07) is 16.7. The fraction of sp³-hybridized carbons (Fsp3) is 0.211. The van der Waals surface area contributed by atoms with Gasteiger partial charge in [-0.3, -0.25) is 0 Å². The van der Waals surface area contributed by atoms with Crippen molar-refractivity contribution in [2.24, 2.45) is 0 Å². The topological polar surface area (TPSA) is 59.6 Å². The Morgan fingerprint density at radius 3 is 2.52 bits per heavy atom. The highest BCUT2D eigenvalue weighted by molar-refractivity contribution is 7.99. The van der Waals surface area contributed by atoms with Crippen LogP contribution >= 0.6 is 11.8 Å². The van der Waals surface area contributed by atoms with E-state index in [2.05, 4.69) is 46.4 Å². The quantitative estimate of drug-likeness (QED) is 0.744. The minimum absolute atomic E-state index is 0.548. The molecule has 128 valence electrons. The SMILES string of the molecule is O=C(O)N1CCN(c2ccc3[nH]cc(Sc4ccccc4)c3c2)CC1. The van der Waals surface area contributed by atoms with Crippen LogP contribution in [0, 0.1) is 0 Å². The maximum atomic E-state index is 11.1. The molecule has 0 aliphatic carbocycles. The fourth-order valence-corrected chi connectivity index (χ4v) is 4.08. The van der Waals surface area contributed by atoms with Crippen molar-refractivity contribution in [2.45, 2.75) is 9.79 Å². The minimum atomic E-state index is -0.831. The molecule has 0 spiro atoms. The van der Waals surface area contributed by atoms with E-state index in [-0.39, 0.29) is 0 Å². The second kappa shape index (κ2) is 6.72. The Labute approximate surface area is 150 Å². The predicted molar refractivity (Wildman–Crippen MR) is 101 cm³/mol. The van der Waals surface area contributed by atoms with Gasteiger partial charge in [-0.1, -0.05) is 30.0 Å². The molecule has 0 unspecified atom stereocenters. The zero-order valence-corrected chi connectivity index (χ0v) is 14.5. The van der Waals surface area contributed by atoms with E-state index in [0.717, 1.165) is 24.3 Å². The molecule has 0 atom stereocenters. The smallest absolute Gasteiger partial charge is 0.407 e. The van der Waals surface area contributed by atoms with Crippen LogP contribution in [-0.4, -0.2) is 47.3 Å². The molecule has 1 amide bonds. The number of nitrogens with zero attached hydrogens (tertiary/aromatic N) is 2. The number of piperazine rings is 1. The lowest BCUT2D eigenvalue weighted by atomic mass is 10.2. The molecule has 2 N–H and O–H groups in total. The first-order chi connectivity index (χ1) is 12.2. The molecule has 1 fully saturated rings. The number of rotatable bonds is 3. The third-order valence-corrected chi connectivity index (χ3v) is 5.58. The third-order valence-electron chi connectivity index (χ3n) is 4.51. The Hall–Kier alpha value is -2.60. The van der Waals surface area contributed by atoms with Gasteiger partial charge in [0.25, 0.3) is 0 Å². The van der Waals surface area contributed by atoms with Crippen LogP contribution in [0.15, 0.2) is 64.5 Å². The monoisotopic (exact) mass is 353 g/mol. The van der Waals surface area contributed by atoms with Crippen LogP contribution < -0.4 is 4.90 Å². The number of hydrogen-bond acceptors (Lipinski definition) is 3. The highest BCUT2D eigenvalue weighted by Crippen LogP contribution is 2.35. The molecule has 4 rings (SSSR count). The summed E-state index contributed by atoms with van der Waals surface area (Å²) in [6.07, 6.45) is 1.22. The molecule has 0 bridgehead atoms. The van der Waals surface area contributed by atoms with E-state index in [9.17, 15) is 4.79 Å². The standard InChI is InChI=1S/C19H19N3O2S/c23-19(24)22-10-8-21(9-11-22)14-6-7-17-16(12-14)18(13-20-17)25-15-4-2-1-3-5-15/h1-7,12-13,20H,8-11H2,(H,23,24). The third kappa shape index (κ3) is 3.30. The van der Waals surface area contributed by atoms with Gasteiger partial charge in [-0.05, 0) is 30.3 Å². The van der Waals surface area contributed by atoms with Gasteiger partial charge in [-0.15, -0.1) is 0 Å². The Balaban J connectivity index is 1.57. The molecular formula is C19H19N3O2S. The van der Waals surface area contributed by atoms with E-state index >= 15 is 0 Å². The van der Waals surface area contributed by atoms with Gasteiger partial charge in [-0.25, -0.2) is 4.79 Å². The number of amides is 1. The Bertz CT molecular complexity index is 886. The molecule has 6 heteroatoms. The van der Waals surface area contributed by atoms with Crippen LogP contribution in [0.4, 0.5) is 10.5 Å². The van der Waals surface area contributed by atoms with Gasteiger partial charge in [-0.2, -0.15) is 0 Å². The minimum Gasteiger partial charge on any atom is -0.465 e. The average molecular weight is 353 g/mol. The van der Waals surface area contributed by atoms with E-state index in [1.54, 1.807) is 11.8 Å². The highest BCUT2D eigenvalue weighted by Gasteiger charge is 2.21. The largest absolute Gasteiger partial charge is 0.465 e. The van der Waals surface area contributed by atoms with Gasteiger partial charge in [0.05, 0.1) is 0 Å². The van der Waals surface area contributed by atoms with Crippen molar-refractivity contribution in [1.82, 2.24) is 9.88 Å². The number of benzene rings is 2. The summed E-state index contributed by atoms with van der Waals surface area (Å²) in [4.78, 5) is 20.5. The summed E-state index contributed by atoms with van der Waals surface area (Å²) in [5.41, 5.74) is 2.26. The van der Waals surface area contributed by atoms with E-state index in [1.165, 1.54) is 20.1 Å². The van der Waals surface area contributed by atoms with Gasteiger partial charge < -0.3 is 19.9 Å². The van der Waals surface area contributed by atoms with Crippen molar-refractivity contribution >= 4 is 34.4 Å². The van der Waals surface area contributed by atoms with Crippen LogP contribution in [0.5, 0.6) is 0 Å². The van der Waals surface area contributed by atoms with Crippen molar-refractivity contribution in [3.63, 3.8) is 0 Å². The Morgan fingerprint density at radius 2 is 1.80 bits per heavy atom. The number of carbonyl (C=O) groups is 1. The van der Waals surface area contributed by atoms with Gasteiger partial charge >= 0.3 is 6.09 Å². The van der Waals surface area contributed by atoms with E-state index < -0.39 is 6.09 Å². The van der Waals surface area contributed by atoms with E-state index in [4.69, 9.17) is 5.11 Å². The Kier molecular flexibility index (Phi) is 4.28. The molecule has 5 nitrogen and oxygen atoms in total. The molecule has 0 saturated carbocycles. The summed E-state index contributed by atoms with van der Waals surface area (Å²) in [5.74, 6) is 0. The highest BCUT2D eigenvalue weighted by atomic mass is 32.2.